The van der Waals surface area contributed by atoms with Gasteiger partial charge in [-0.15, -0.1) is 22.7 Å². The summed E-state index contributed by atoms with van der Waals surface area (Å²) >= 11 is 3.33. The molecule has 1 aliphatic carbocycles. The third-order valence-corrected chi connectivity index (χ3v) is 5.04. The zero-order chi connectivity index (χ0) is 13.4. The molecule has 0 spiro atoms. The normalized spacial score (nSPS) is 14.6. The molecule has 0 aliphatic heterocycles. The van der Waals surface area contributed by atoms with Gasteiger partial charge in [-0.25, -0.2) is 4.98 Å². The fraction of sp³-hybridized carbons (Fsp3) is 0.429. The monoisotopic (exact) mass is 292 g/mol. The van der Waals surface area contributed by atoms with Crippen LogP contribution in [0.4, 0.5) is 0 Å². The van der Waals surface area contributed by atoms with Gasteiger partial charge in [0.25, 0.3) is 5.91 Å². The maximum Gasteiger partial charge on any atom is 0.254 e. The van der Waals surface area contributed by atoms with Crippen LogP contribution in [-0.4, -0.2) is 29.9 Å². The number of carbonyl (C=O) groups excluding carboxylic acids is 1. The van der Waals surface area contributed by atoms with Gasteiger partial charge in [0, 0.05) is 31.3 Å². The van der Waals surface area contributed by atoms with E-state index in [-0.39, 0.29) is 5.91 Å². The summed E-state index contributed by atoms with van der Waals surface area (Å²) in [6, 6.07) is 1.95. The lowest BCUT2D eigenvalue weighted by molar-refractivity contribution is 0.0828. The number of rotatable bonds is 4. The Morgan fingerprint density at radius 1 is 1.37 bits per heavy atom. The average molecular weight is 292 g/mol. The van der Waals surface area contributed by atoms with Crippen molar-refractivity contribution in [2.24, 2.45) is 5.92 Å². The first kappa shape index (κ1) is 12.8. The second kappa shape index (κ2) is 5.06. The molecule has 0 unspecified atom stereocenters. The molecule has 0 atom stereocenters. The Balaban J connectivity index is 1.77. The van der Waals surface area contributed by atoms with Gasteiger partial charge in [-0.05, 0) is 24.8 Å². The fourth-order valence-electron chi connectivity index (χ4n) is 1.93. The molecule has 1 saturated carbocycles. The first-order valence-corrected chi connectivity index (χ1v) is 8.14. The molecule has 2 aromatic rings. The number of carbonyl (C=O) groups is 1. The van der Waals surface area contributed by atoms with Crippen LogP contribution in [0, 0.1) is 5.92 Å². The lowest BCUT2D eigenvalue weighted by atomic mass is 10.2. The highest BCUT2D eigenvalue weighted by Gasteiger charge is 2.23. The standard InChI is InChI=1S/C14H16N2OS2/c1-16(2)14(17)10-6-12(18-7-10)11-8-19-13(15-11)5-9-3-4-9/h6-9H,3-5H2,1-2H3. The molecular weight excluding hydrogens is 276 g/mol. The van der Waals surface area contributed by atoms with Crippen molar-refractivity contribution in [1.29, 1.82) is 0 Å². The van der Waals surface area contributed by atoms with Crippen molar-refractivity contribution < 1.29 is 4.79 Å². The molecule has 19 heavy (non-hydrogen) atoms. The molecule has 2 aromatic heterocycles. The largest absolute Gasteiger partial charge is 0.345 e. The highest BCUT2D eigenvalue weighted by atomic mass is 32.1. The molecule has 100 valence electrons. The second-order valence-corrected chi connectivity index (χ2v) is 7.03. The van der Waals surface area contributed by atoms with Crippen molar-refractivity contribution >= 4 is 28.6 Å². The van der Waals surface area contributed by atoms with Crippen molar-refractivity contribution in [3.05, 3.63) is 27.4 Å². The van der Waals surface area contributed by atoms with Gasteiger partial charge in [0.2, 0.25) is 0 Å². The molecule has 0 aromatic carbocycles. The van der Waals surface area contributed by atoms with E-state index in [1.54, 1.807) is 41.7 Å². The van der Waals surface area contributed by atoms with Crippen LogP contribution in [0.5, 0.6) is 0 Å². The summed E-state index contributed by atoms with van der Waals surface area (Å²) in [5, 5.41) is 5.25. The maximum atomic E-state index is 11.9. The summed E-state index contributed by atoms with van der Waals surface area (Å²) < 4.78 is 0. The second-order valence-electron chi connectivity index (χ2n) is 5.17. The predicted octanol–water partition coefficient (Wildman–Crippen LogP) is 3.53. The van der Waals surface area contributed by atoms with Gasteiger partial charge in [0.1, 0.15) is 0 Å². The summed E-state index contributed by atoms with van der Waals surface area (Å²) in [6.07, 6.45) is 3.84. The molecular formula is C14H16N2OS2. The van der Waals surface area contributed by atoms with E-state index in [0.717, 1.165) is 28.5 Å². The Morgan fingerprint density at radius 3 is 2.84 bits per heavy atom. The highest BCUT2D eigenvalue weighted by molar-refractivity contribution is 7.14. The molecule has 3 rings (SSSR count). The van der Waals surface area contributed by atoms with Gasteiger partial charge in [0.15, 0.2) is 0 Å². The molecule has 0 saturated heterocycles. The number of hydrogen-bond donors (Lipinski definition) is 0. The molecule has 2 heterocycles. The number of hydrogen-bond acceptors (Lipinski definition) is 4. The number of nitrogens with zero attached hydrogens (tertiary/aromatic N) is 2. The molecule has 1 fully saturated rings. The quantitative estimate of drug-likeness (QED) is 0.863. The number of amides is 1. The minimum Gasteiger partial charge on any atom is -0.345 e. The molecule has 3 nitrogen and oxygen atoms in total. The molecule has 0 bridgehead atoms. The van der Waals surface area contributed by atoms with Gasteiger partial charge in [0.05, 0.1) is 21.1 Å². The summed E-state index contributed by atoms with van der Waals surface area (Å²) in [6.45, 7) is 0. The Hall–Kier alpha value is -1.20. The average Bonchev–Trinajstić information content (AvgIpc) is 2.90. The number of thiazole rings is 1. The van der Waals surface area contributed by atoms with E-state index in [2.05, 4.69) is 10.4 Å². The van der Waals surface area contributed by atoms with Gasteiger partial charge >= 0.3 is 0 Å². The van der Waals surface area contributed by atoms with E-state index in [1.807, 2.05) is 11.4 Å². The minimum atomic E-state index is 0.0518. The van der Waals surface area contributed by atoms with E-state index < -0.39 is 0 Å². The van der Waals surface area contributed by atoms with E-state index >= 15 is 0 Å². The Bertz CT molecular complexity index is 596. The van der Waals surface area contributed by atoms with Gasteiger partial charge in [-0.3, -0.25) is 4.79 Å². The molecule has 0 N–H and O–H groups in total. The van der Waals surface area contributed by atoms with Crippen molar-refractivity contribution in [2.45, 2.75) is 19.3 Å². The number of aromatic nitrogens is 1. The molecule has 1 aliphatic rings. The summed E-state index contributed by atoms with van der Waals surface area (Å²) in [4.78, 5) is 19.2. The van der Waals surface area contributed by atoms with E-state index in [1.165, 1.54) is 17.8 Å². The van der Waals surface area contributed by atoms with Gasteiger partial charge in [-0.2, -0.15) is 0 Å². The van der Waals surface area contributed by atoms with Crippen LogP contribution in [0.1, 0.15) is 28.2 Å². The van der Waals surface area contributed by atoms with Crippen LogP contribution in [0.2, 0.25) is 0 Å². The summed E-state index contributed by atoms with van der Waals surface area (Å²) in [5.74, 6) is 0.921. The zero-order valence-electron chi connectivity index (χ0n) is 11.0. The van der Waals surface area contributed by atoms with Gasteiger partial charge < -0.3 is 4.90 Å². The molecule has 1 amide bonds. The third kappa shape index (κ3) is 2.87. The first-order valence-electron chi connectivity index (χ1n) is 6.38. The highest BCUT2D eigenvalue weighted by Crippen LogP contribution is 2.35. The van der Waals surface area contributed by atoms with E-state index in [0.29, 0.717) is 0 Å². The molecule has 0 radical (unpaired) electrons. The van der Waals surface area contributed by atoms with Crippen LogP contribution < -0.4 is 0 Å². The summed E-state index contributed by atoms with van der Waals surface area (Å²) in [7, 11) is 3.55. The van der Waals surface area contributed by atoms with E-state index in [4.69, 9.17) is 0 Å². The Kier molecular flexibility index (Phi) is 3.41. The van der Waals surface area contributed by atoms with Crippen molar-refractivity contribution in [3.63, 3.8) is 0 Å². The smallest absolute Gasteiger partial charge is 0.254 e. The van der Waals surface area contributed by atoms with Gasteiger partial charge in [-0.1, -0.05) is 0 Å². The van der Waals surface area contributed by atoms with Crippen LogP contribution in [0.15, 0.2) is 16.8 Å². The van der Waals surface area contributed by atoms with Crippen LogP contribution in [0.25, 0.3) is 10.6 Å². The Morgan fingerprint density at radius 2 is 2.16 bits per heavy atom. The SMILES string of the molecule is CN(C)C(=O)c1csc(-c2csc(CC3CC3)n2)c1. The van der Waals surface area contributed by atoms with Crippen molar-refractivity contribution in [1.82, 2.24) is 9.88 Å². The van der Waals surface area contributed by atoms with E-state index in [9.17, 15) is 4.79 Å². The lowest BCUT2D eigenvalue weighted by Crippen LogP contribution is -2.20. The third-order valence-electron chi connectivity index (χ3n) is 3.22. The minimum absolute atomic E-state index is 0.0518. The van der Waals surface area contributed by atoms with Crippen LogP contribution >= 0.6 is 22.7 Å². The lowest BCUT2D eigenvalue weighted by Gasteiger charge is -2.07. The van der Waals surface area contributed by atoms with Crippen molar-refractivity contribution in [2.75, 3.05) is 14.1 Å². The zero-order valence-corrected chi connectivity index (χ0v) is 12.7. The Labute approximate surface area is 120 Å². The molecule has 5 heteroatoms. The summed E-state index contributed by atoms with van der Waals surface area (Å²) in [5.41, 5.74) is 1.77. The topological polar surface area (TPSA) is 33.2 Å². The van der Waals surface area contributed by atoms with Crippen LogP contribution in [0.3, 0.4) is 0 Å². The van der Waals surface area contributed by atoms with Crippen molar-refractivity contribution in [3.8, 4) is 10.6 Å². The number of thiophene rings is 1. The van der Waals surface area contributed by atoms with Crippen LogP contribution in [-0.2, 0) is 6.42 Å². The predicted molar refractivity (Wildman–Crippen MR) is 79.9 cm³/mol. The first-order chi connectivity index (χ1) is 9.13. The fourth-order valence-corrected chi connectivity index (χ4v) is 3.76. The maximum absolute atomic E-state index is 11.9.